The maximum atomic E-state index is 12.2. The zero-order valence-corrected chi connectivity index (χ0v) is 12.4. The molecule has 0 aliphatic heterocycles. The predicted molar refractivity (Wildman–Crippen MR) is 84.0 cm³/mol. The number of nitrogens with one attached hydrogen (secondary N) is 1. The number of nitro groups is 1. The van der Waals surface area contributed by atoms with Crippen molar-refractivity contribution in [1.82, 2.24) is 0 Å². The molecule has 21 heavy (non-hydrogen) atoms. The van der Waals surface area contributed by atoms with Crippen LogP contribution in [-0.4, -0.2) is 17.1 Å². The molecule has 0 heterocycles. The lowest BCUT2D eigenvalue weighted by molar-refractivity contribution is -0.385. The van der Waals surface area contributed by atoms with Crippen LogP contribution in [0.15, 0.2) is 47.4 Å². The molecule has 2 aromatic carbocycles. The number of carbonyl (C=O) groups excluding carboxylic acids is 1. The third-order valence-corrected chi connectivity index (χ3v) is 3.71. The molecule has 2 aromatic rings. The van der Waals surface area contributed by atoms with Crippen LogP contribution in [0.4, 0.5) is 11.4 Å². The van der Waals surface area contributed by atoms with Gasteiger partial charge in [-0.25, -0.2) is 0 Å². The fourth-order valence-corrected chi connectivity index (χ4v) is 2.37. The van der Waals surface area contributed by atoms with Crippen LogP contribution in [0.1, 0.15) is 15.9 Å². The highest BCUT2D eigenvalue weighted by atomic mass is 32.2. The van der Waals surface area contributed by atoms with Gasteiger partial charge in [0.1, 0.15) is 0 Å². The second-order valence-corrected chi connectivity index (χ2v) is 5.32. The summed E-state index contributed by atoms with van der Waals surface area (Å²) in [6.07, 6.45) is 1.96. The van der Waals surface area contributed by atoms with E-state index in [4.69, 9.17) is 0 Å². The van der Waals surface area contributed by atoms with Gasteiger partial charge in [0.05, 0.1) is 4.92 Å². The number of amides is 1. The molecule has 0 spiro atoms. The SMILES string of the molecule is CSc1cccc(NC(=O)c2ccc([N+](=O)[O-])c(C)c2)c1. The van der Waals surface area contributed by atoms with Crippen molar-refractivity contribution in [2.24, 2.45) is 0 Å². The van der Waals surface area contributed by atoms with Gasteiger partial charge in [0.2, 0.25) is 0 Å². The van der Waals surface area contributed by atoms with Gasteiger partial charge in [0, 0.05) is 27.8 Å². The third kappa shape index (κ3) is 3.61. The highest BCUT2D eigenvalue weighted by Crippen LogP contribution is 2.21. The summed E-state index contributed by atoms with van der Waals surface area (Å²) in [4.78, 5) is 23.5. The second-order valence-electron chi connectivity index (χ2n) is 4.44. The van der Waals surface area contributed by atoms with Gasteiger partial charge in [0.25, 0.3) is 11.6 Å². The molecule has 0 aliphatic carbocycles. The first kappa shape index (κ1) is 15.1. The highest BCUT2D eigenvalue weighted by Gasteiger charge is 2.13. The summed E-state index contributed by atoms with van der Waals surface area (Å²) in [6, 6.07) is 11.8. The quantitative estimate of drug-likeness (QED) is 0.528. The molecule has 0 aliphatic rings. The maximum absolute atomic E-state index is 12.2. The monoisotopic (exact) mass is 302 g/mol. The molecule has 0 bridgehead atoms. The minimum absolute atomic E-state index is 0.0101. The number of thioether (sulfide) groups is 1. The van der Waals surface area contributed by atoms with Crippen LogP contribution >= 0.6 is 11.8 Å². The largest absolute Gasteiger partial charge is 0.322 e. The highest BCUT2D eigenvalue weighted by molar-refractivity contribution is 7.98. The van der Waals surface area contributed by atoms with Crippen LogP contribution in [0.5, 0.6) is 0 Å². The van der Waals surface area contributed by atoms with Gasteiger partial charge in [-0.1, -0.05) is 6.07 Å². The summed E-state index contributed by atoms with van der Waals surface area (Å²) in [7, 11) is 0. The Morgan fingerprint density at radius 1 is 1.24 bits per heavy atom. The number of aryl methyl sites for hydroxylation is 1. The molecule has 0 aromatic heterocycles. The van der Waals surface area contributed by atoms with Crippen molar-refractivity contribution in [2.75, 3.05) is 11.6 Å². The van der Waals surface area contributed by atoms with Crippen molar-refractivity contribution in [2.45, 2.75) is 11.8 Å². The minimum atomic E-state index is -0.459. The number of nitrogens with zero attached hydrogens (tertiary/aromatic N) is 1. The van der Waals surface area contributed by atoms with Crippen LogP contribution in [0.25, 0.3) is 0 Å². The molecule has 0 atom stereocenters. The van der Waals surface area contributed by atoms with Crippen molar-refractivity contribution < 1.29 is 9.72 Å². The molecular formula is C15H14N2O3S. The van der Waals surface area contributed by atoms with Crippen molar-refractivity contribution >= 4 is 29.0 Å². The molecular weight excluding hydrogens is 288 g/mol. The van der Waals surface area contributed by atoms with E-state index in [2.05, 4.69) is 5.32 Å². The summed E-state index contributed by atoms with van der Waals surface area (Å²) < 4.78 is 0. The van der Waals surface area contributed by atoms with E-state index in [-0.39, 0.29) is 11.6 Å². The molecule has 0 radical (unpaired) electrons. The molecule has 2 rings (SSSR count). The zero-order valence-electron chi connectivity index (χ0n) is 11.6. The number of anilines is 1. The lowest BCUT2D eigenvalue weighted by Crippen LogP contribution is -2.12. The second kappa shape index (κ2) is 6.41. The van der Waals surface area contributed by atoms with E-state index in [0.29, 0.717) is 16.8 Å². The van der Waals surface area contributed by atoms with Gasteiger partial charge in [-0.15, -0.1) is 11.8 Å². The summed E-state index contributed by atoms with van der Waals surface area (Å²) in [5, 5.41) is 13.6. The first-order valence-corrected chi connectivity index (χ1v) is 7.44. The Morgan fingerprint density at radius 3 is 2.62 bits per heavy atom. The fourth-order valence-electron chi connectivity index (χ4n) is 1.91. The molecule has 0 unspecified atom stereocenters. The van der Waals surface area contributed by atoms with Crippen LogP contribution in [0.3, 0.4) is 0 Å². The third-order valence-electron chi connectivity index (χ3n) is 2.98. The molecule has 0 saturated heterocycles. The summed E-state index contributed by atoms with van der Waals surface area (Å²) in [6.45, 7) is 1.61. The zero-order chi connectivity index (χ0) is 15.4. The lowest BCUT2D eigenvalue weighted by Gasteiger charge is -2.07. The van der Waals surface area contributed by atoms with Crippen molar-refractivity contribution in [3.05, 3.63) is 63.7 Å². The van der Waals surface area contributed by atoms with Gasteiger partial charge in [-0.05, 0) is 43.5 Å². The van der Waals surface area contributed by atoms with E-state index >= 15 is 0 Å². The smallest absolute Gasteiger partial charge is 0.272 e. The average Bonchev–Trinajstić information content (AvgIpc) is 2.46. The predicted octanol–water partition coefficient (Wildman–Crippen LogP) is 3.88. The van der Waals surface area contributed by atoms with Crippen LogP contribution in [0, 0.1) is 17.0 Å². The lowest BCUT2D eigenvalue weighted by atomic mass is 10.1. The van der Waals surface area contributed by atoms with E-state index in [1.165, 1.54) is 18.2 Å². The maximum Gasteiger partial charge on any atom is 0.272 e. The number of nitro benzene ring substituents is 1. The first-order valence-electron chi connectivity index (χ1n) is 6.21. The van der Waals surface area contributed by atoms with Gasteiger partial charge in [0.15, 0.2) is 0 Å². The summed E-state index contributed by atoms with van der Waals surface area (Å²) in [5.74, 6) is -0.286. The van der Waals surface area contributed by atoms with Crippen LogP contribution in [-0.2, 0) is 0 Å². The van der Waals surface area contributed by atoms with E-state index in [1.807, 2.05) is 24.5 Å². The van der Waals surface area contributed by atoms with Crippen LogP contribution in [0.2, 0.25) is 0 Å². The van der Waals surface area contributed by atoms with E-state index in [0.717, 1.165) is 4.90 Å². The standard InChI is InChI=1S/C15H14N2O3S/c1-10-8-11(6-7-14(10)17(19)20)15(18)16-12-4-3-5-13(9-12)21-2/h3-9H,1-2H3,(H,16,18). The summed E-state index contributed by atoms with van der Waals surface area (Å²) in [5.41, 5.74) is 1.57. The van der Waals surface area contributed by atoms with E-state index in [1.54, 1.807) is 24.8 Å². The summed E-state index contributed by atoms with van der Waals surface area (Å²) >= 11 is 1.59. The Hall–Kier alpha value is -2.34. The van der Waals surface area contributed by atoms with Crippen molar-refractivity contribution in [3.63, 3.8) is 0 Å². The van der Waals surface area contributed by atoms with Crippen LogP contribution < -0.4 is 5.32 Å². The number of rotatable bonds is 4. The molecule has 6 heteroatoms. The molecule has 0 fully saturated rings. The first-order chi connectivity index (χ1) is 10.0. The number of hydrogen-bond acceptors (Lipinski definition) is 4. The average molecular weight is 302 g/mol. The number of benzene rings is 2. The van der Waals surface area contributed by atoms with Crippen molar-refractivity contribution in [1.29, 1.82) is 0 Å². The normalized spacial score (nSPS) is 10.2. The topological polar surface area (TPSA) is 72.2 Å². The number of carbonyl (C=O) groups is 1. The van der Waals surface area contributed by atoms with Gasteiger partial charge in [-0.3, -0.25) is 14.9 Å². The minimum Gasteiger partial charge on any atom is -0.322 e. The van der Waals surface area contributed by atoms with E-state index in [9.17, 15) is 14.9 Å². The van der Waals surface area contributed by atoms with Gasteiger partial charge < -0.3 is 5.32 Å². The van der Waals surface area contributed by atoms with Gasteiger partial charge >= 0.3 is 0 Å². The Bertz CT molecular complexity index is 701. The molecule has 1 amide bonds. The Morgan fingerprint density at radius 2 is 2.00 bits per heavy atom. The molecule has 108 valence electrons. The fraction of sp³-hybridized carbons (Fsp3) is 0.133. The Balaban J connectivity index is 2.20. The van der Waals surface area contributed by atoms with Crippen molar-refractivity contribution in [3.8, 4) is 0 Å². The Labute approximate surface area is 126 Å². The molecule has 0 saturated carbocycles. The van der Waals surface area contributed by atoms with Gasteiger partial charge in [-0.2, -0.15) is 0 Å². The van der Waals surface area contributed by atoms with E-state index < -0.39 is 4.92 Å². The Kier molecular flexibility index (Phi) is 4.59. The molecule has 5 nitrogen and oxygen atoms in total. The molecule has 1 N–H and O–H groups in total. The number of hydrogen-bond donors (Lipinski definition) is 1.